The van der Waals surface area contributed by atoms with Crippen molar-refractivity contribution in [3.8, 4) is 0 Å². The first-order valence-corrected chi connectivity index (χ1v) is 5.57. The second-order valence-electron chi connectivity index (χ2n) is 3.75. The smallest absolute Gasteiger partial charge is 0.270 e. The first-order chi connectivity index (χ1) is 8.45. The van der Waals surface area contributed by atoms with Gasteiger partial charge in [0.15, 0.2) is 0 Å². The first kappa shape index (κ1) is 14.0. The van der Waals surface area contributed by atoms with Gasteiger partial charge in [-0.1, -0.05) is 12.2 Å². The van der Waals surface area contributed by atoms with Crippen LogP contribution in [-0.4, -0.2) is 42.3 Å². The predicted molar refractivity (Wildman–Crippen MR) is 76.5 cm³/mol. The molecule has 0 spiro atoms. The van der Waals surface area contributed by atoms with E-state index in [9.17, 15) is 10.1 Å². The number of thiocarbonyl (C=S) groups is 1. The van der Waals surface area contributed by atoms with Crippen LogP contribution < -0.4 is 5.32 Å². The summed E-state index contributed by atoms with van der Waals surface area (Å²) in [5.41, 5.74) is 1.24. The Kier molecular flexibility index (Phi) is 4.73. The Balaban J connectivity index is 3.15. The molecule has 0 aliphatic heterocycles. The van der Waals surface area contributed by atoms with Gasteiger partial charge in [-0.25, -0.2) is 4.99 Å². The zero-order valence-electron chi connectivity index (χ0n) is 10.4. The number of nitro groups is 1. The first-order valence-electron chi connectivity index (χ1n) is 5.17. The number of hydrogen-bond donors (Lipinski definition) is 1. The highest BCUT2D eigenvalue weighted by Crippen LogP contribution is 2.23. The molecule has 0 saturated carbocycles. The molecule has 0 aliphatic carbocycles. The largest absolute Gasteiger partial charge is 0.388 e. The van der Waals surface area contributed by atoms with Gasteiger partial charge in [0, 0.05) is 44.5 Å². The van der Waals surface area contributed by atoms with Crippen LogP contribution in [0.5, 0.6) is 0 Å². The minimum Gasteiger partial charge on any atom is -0.388 e. The Morgan fingerprint density at radius 3 is 2.72 bits per heavy atom. The van der Waals surface area contributed by atoms with Gasteiger partial charge in [-0.15, -0.1) is 0 Å². The van der Waals surface area contributed by atoms with Crippen molar-refractivity contribution >= 4 is 34.9 Å². The van der Waals surface area contributed by atoms with Crippen LogP contribution in [-0.2, 0) is 0 Å². The molecule has 0 aliphatic rings. The molecule has 6 nitrogen and oxygen atoms in total. The molecule has 1 rings (SSSR count). The van der Waals surface area contributed by atoms with Gasteiger partial charge in [-0.3, -0.25) is 10.1 Å². The topological polar surface area (TPSA) is 70.8 Å². The zero-order chi connectivity index (χ0) is 13.7. The van der Waals surface area contributed by atoms with Crippen molar-refractivity contribution < 1.29 is 4.92 Å². The maximum absolute atomic E-state index is 10.7. The van der Waals surface area contributed by atoms with Crippen molar-refractivity contribution in [1.82, 2.24) is 4.90 Å². The van der Waals surface area contributed by atoms with E-state index in [2.05, 4.69) is 10.3 Å². The molecule has 0 radical (unpaired) electrons. The summed E-state index contributed by atoms with van der Waals surface area (Å²) in [6.45, 7) is 0. The maximum Gasteiger partial charge on any atom is 0.270 e. The predicted octanol–water partition coefficient (Wildman–Crippen LogP) is 1.90. The van der Waals surface area contributed by atoms with Gasteiger partial charge in [-0.05, 0) is 6.07 Å². The molecule has 0 aromatic heterocycles. The van der Waals surface area contributed by atoms with Crippen molar-refractivity contribution in [3.05, 3.63) is 33.9 Å². The normalized spacial score (nSPS) is 10.4. The second-order valence-corrected chi connectivity index (χ2v) is 4.14. The van der Waals surface area contributed by atoms with Crippen LogP contribution >= 0.6 is 12.2 Å². The molecule has 1 aromatic carbocycles. The summed E-state index contributed by atoms with van der Waals surface area (Å²) in [5.74, 6) is 0. The van der Waals surface area contributed by atoms with Gasteiger partial charge in [0.2, 0.25) is 0 Å². The highest BCUT2D eigenvalue weighted by atomic mass is 32.1. The maximum atomic E-state index is 10.7. The molecule has 18 heavy (non-hydrogen) atoms. The lowest BCUT2D eigenvalue weighted by Crippen LogP contribution is -2.10. The summed E-state index contributed by atoms with van der Waals surface area (Å²) in [5, 5.41) is 13.7. The molecule has 0 heterocycles. The lowest BCUT2D eigenvalue weighted by Gasteiger charge is -2.08. The number of non-ortho nitro benzene ring substituents is 1. The Labute approximate surface area is 110 Å². The highest BCUT2D eigenvalue weighted by Gasteiger charge is 2.12. The van der Waals surface area contributed by atoms with Gasteiger partial charge >= 0.3 is 0 Å². The van der Waals surface area contributed by atoms with Crippen molar-refractivity contribution in [2.24, 2.45) is 4.99 Å². The molecule has 7 heteroatoms. The summed E-state index contributed by atoms with van der Waals surface area (Å²) in [6, 6.07) is 4.46. The molecule has 0 fully saturated rings. The standard InChI is InChI=1S/C11H14N4O2S/c1-12-10-5-4-8(15(16)17)6-9(10)11(18)13-7-14(2)3/h4-7,12H,1-3H3. The Morgan fingerprint density at radius 2 is 2.22 bits per heavy atom. The van der Waals surface area contributed by atoms with E-state index in [1.807, 2.05) is 14.1 Å². The van der Waals surface area contributed by atoms with E-state index in [0.717, 1.165) is 0 Å². The number of nitrogens with zero attached hydrogens (tertiary/aromatic N) is 3. The molecule has 0 amide bonds. The van der Waals surface area contributed by atoms with Gasteiger partial charge in [-0.2, -0.15) is 0 Å². The van der Waals surface area contributed by atoms with Crippen LogP contribution in [0, 0.1) is 10.1 Å². The molecule has 0 saturated heterocycles. The number of nitro benzene ring substituents is 1. The third-order valence-corrected chi connectivity index (χ3v) is 2.44. The fraction of sp³-hybridized carbons (Fsp3) is 0.273. The highest BCUT2D eigenvalue weighted by molar-refractivity contribution is 7.80. The summed E-state index contributed by atoms with van der Waals surface area (Å²) >= 11 is 5.15. The second kappa shape index (κ2) is 6.06. The summed E-state index contributed by atoms with van der Waals surface area (Å²) in [7, 11) is 5.36. The fourth-order valence-corrected chi connectivity index (χ4v) is 1.49. The van der Waals surface area contributed by atoms with Crippen molar-refractivity contribution in [2.45, 2.75) is 0 Å². The SMILES string of the molecule is CNc1ccc([N+](=O)[O-])cc1C(=S)N=CN(C)C. The van der Waals surface area contributed by atoms with Crippen LogP contribution in [0.25, 0.3) is 0 Å². The number of benzene rings is 1. The van der Waals surface area contributed by atoms with Crippen LogP contribution in [0.1, 0.15) is 5.56 Å². The minimum absolute atomic E-state index is 0.00796. The molecule has 96 valence electrons. The summed E-state index contributed by atoms with van der Waals surface area (Å²) in [6.07, 6.45) is 1.56. The van der Waals surface area contributed by atoms with E-state index in [1.165, 1.54) is 12.1 Å². The zero-order valence-corrected chi connectivity index (χ0v) is 11.2. The number of hydrogen-bond acceptors (Lipinski definition) is 4. The molecule has 0 unspecified atom stereocenters. The Bertz CT molecular complexity index is 500. The van der Waals surface area contributed by atoms with E-state index in [4.69, 9.17) is 12.2 Å². The fourth-order valence-electron chi connectivity index (χ4n) is 1.28. The van der Waals surface area contributed by atoms with Gasteiger partial charge in [0.05, 0.1) is 11.3 Å². The molecule has 1 N–H and O–H groups in total. The Morgan fingerprint density at radius 1 is 1.56 bits per heavy atom. The number of nitrogens with one attached hydrogen (secondary N) is 1. The van der Waals surface area contributed by atoms with Crippen LogP contribution in [0.4, 0.5) is 11.4 Å². The lowest BCUT2D eigenvalue weighted by molar-refractivity contribution is -0.384. The third kappa shape index (κ3) is 3.49. The molecule has 0 atom stereocenters. The van der Waals surface area contributed by atoms with E-state index in [-0.39, 0.29) is 5.69 Å². The quantitative estimate of drug-likeness (QED) is 0.296. The Hall–Kier alpha value is -2.02. The van der Waals surface area contributed by atoms with Crippen LogP contribution in [0.2, 0.25) is 0 Å². The third-order valence-electron chi connectivity index (χ3n) is 2.12. The van der Waals surface area contributed by atoms with E-state index >= 15 is 0 Å². The van der Waals surface area contributed by atoms with E-state index < -0.39 is 4.92 Å². The van der Waals surface area contributed by atoms with Gasteiger partial charge < -0.3 is 10.2 Å². The lowest BCUT2D eigenvalue weighted by atomic mass is 10.1. The summed E-state index contributed by atoms with van der Waals surface area (Å²) < 4.78 is 0. The van der Waals surface area contributed by atoms with E-state index in [1.54, 1.807) is 24.4 Å². The van der Waals surface area contributed by atoms with Crippen LogP contribution in [0.15, 0.2) is 23.2 Å². The van der Waals surface area contributed by atoms with Gasteiger partial charge in [0.25, 0.3) is 5.69 Å². The van der Waals surface area contributed by atoms with E-state index in [0.29, 0.717) is 16.2 Å². The number of aliphatic imine (C=N–C) groups is 1. The van der Waals surface area contributed by atoms with Crippen LogP contribution in [0.3, 0.4) is 0 Å². The van der Waals surface area contributed by atoms with Crippen molar-refractivity contribution in [1.29, 1.82) is 0 Å². The molecular formula is C11H14N4O2S. The molecular weight excluding hydrogens is 252 g/mol. The number of anilines is 1. The minimum atomic E-state index is -0.457. The monoisotopic (exact) mass is 266 g/mol. The molecule has 1 aromatic rings. The van der Waals surface area contributed by atoms with Crippen molar-refractivity contribution in [2.75, 3.05) is 26.5 Å². The average Bonchev–Trinajstić information content (AvgIpc) is 2.34. The molecule has 0 bridgehead atoms. The van der Waals surface area contributed by atoms with Gasteiger partial charge in [0.1, 0.15) is 4.99 Å². The van der Waals surface area contributed by atoms with Crippen molar-refractivity contribution in [3.63, 3.8) is 0 Å². The average molecular weight is 266 g/mol. The number of rotatable bonds is 4. The summed E-state index contributed by atoms with van der Waals surface area (Å²) in [4.78, 5) is 16.4.